The summed E-state index contributed by atoms with van der Waals surface area (Å²) < 4.78 is 16.2. The molecule has 0 aromatic rings. The van der Waals surface area contributed by atoms with Gasteiger partial charge >= 0.3 is 0 Å². The number of nitrogens with zero attached hydrogens (tertiary/aromatic N) is 2. The first-order valence-electron chi connectivity index (χ1n) is 8.31. The van der Waals surface area contributed by atoms with Crippen LogP contribution in [0.5, 0.6) is 0 Å². The van der Waals surface area contributed by atoms with Crippen molar-refractivity contribution in [3.8, 4) is 0 Å². The number of rotatable bonds is 7. The standard InChI is InChI=1S/C16H31N3O3.HI/c1-16(12-21-13-16)11-18-15(17-2)19-7-5-14(6-8-19)22-10-4-9-20-3;/h14H,4-13H2,1-3H3,(H,17,18);1H. The van der Waals surface area contributed by atoms with E-state index in [9.17, 15) is 0 Å². The Hall–Kier alpha value is -0.120. The van der Waals surface area contributed by atoms with E-state index >= 15 is 0 Å². The lowest BCUT2D eigenvalue weighted by atomic mass is 9.89. The van der Waals surface area contributed by atoms with Gasteiger partial charge in [0.25, 0.3) is 0 Å². The lowest BCUT2D eigenvalue weighted by molar-refractivity contribution is -0.0973. The zero-order valence-corrected chi connectivity index (χ0v) is 17.0. The minimum absolute atomic E-state index is 0. The molecule has 0 amide bonds. The Bertz CT molecular complexity index is 356. The fraction of sp³-hybridized carbons (Fsp3) is 0.938. The third-order valence-electron chi connectivity index (χ3n) is 4.37. The maximum atomic E-state index is 5.90. The smallest absolute Gasteiger partial charge is 0.193 e. The van der Waals surface area contributed by atoms with Crippen LogP contribution >= 0.6 is 24.0 Å². The van der Waals surface area contributed by atoms with Crippen LogP contribution in [-0.2, 0) is 14.2 Å². The van der Waals surface area contributed by atoms with E-state index in [0.717, 1.165) is 71.3 Å². The van der Waals surface area contributed by atoms with E-state index in [2.05, 4.69) is 22.1 Å². The fourth-order valence-electron chi connectivity index (χ4n) is 2.86. The van der Waals surface area contributed by atoms with Gasteiger partial charge in [0.1, 0.15) is 0 Å². The number of likely N-dealkylation sites (tertiary alicyclic amines) is 1. The number of guanidine groups is 1. The molecule has 136 valence electrons. The summed E-state index contributed by atoms with van der Waals surface area (Å²) in [7, 11) is 3.59. The Balaban J connectivity index is 0.00000264. The van der Waals surface area contributed by atoms with Crippen molar-refractivity contribution >= 4 is 29.9 Å². The molecule has 2 fully saturated rings. The van der Waals surface area contributed by atoms with Crippen LogP contribution in [0.1, 0.15) is 26.2 Å². The highest BCUT2D eigenvalue weighted by Gasteiger charge is 2.34. The van der Waals surface area contributed by atoms with Crippen LogP contribution in [0.2, 0.25) is 0 Å². The Kier molecular flexibility index (Phi) is 9.72. The monoisotopic (exact) mass is 441 g/mol. The summed E-state index contributed by atoms with van der Waals surface area (Å²) in [5.41, 5.74) is 0.263. The lowest BCUT2D eigenvalue weighted by Crippen LogP contribution is -2.53. The van der Waals surface area contributed by atoms with E-state index in [0.29, 0.717) is 6.10 Å². The second kappa shape index (κ2) is 10.7. The normalized spacial score (nSPS) is 21.5. The molecule has 0 aromatic heterocycles. The molecule has 23 heavy (non-hydrogen) atoms. The molecule has 6 nitrogen and oxygen atoms in total. The van der Waals surface area contributed by atoms with Crippen molar-refractivity contribution in [3.63, 3.8) is 0 Å². The molecule has 0 bridgehead atoms. The highest BCUT2D eigenvalue weighted by molar-refractivity contribution is 14.0. The number of ether oxygens (including phenoxy) is 3. The van der Waals surface area contributed by atoms with Crippen molar-refractivity contribution in [2.45, 2.75) is 32.3 Å². The molecular weight excluding hydrogens is 409 g/mol. The summed E-state index contributed by atoms with van der Waals surface area (Å²) in [6, 6.07) is 0. The van der Waals surface area contributed by atoms with Crippen molar-refractivity contribution in [2.75, 3.05) is 60.2 Å². The third-order valence-corrected chi connectivity index (χ3v) is 4.37. The minimum Gasteiger partial charge on any atom is -0.385 e. The second-order valence-electron chi connectivity index (χ2n) is 6.61. The maximum Gasteiger partial charge on any atom is 0.193 e. The van der Waals surface area contributed by atoms with Crippen molar-refractivity contribution in [1.82, 2.24) is 10.2 Å². The second-order valence-corrected chi connectivity index (χ2v) is 6.61. The summed E-state index contributed by atoms with van der Waals surface area (Å²) in [6.07, 6.45) is 3.48. The predicted octanol–water partition coefficient (Wildman–Crippen LogP) is 1.73. The van der Waals surface area contributed by atoms with Crippen LogP contribution in [0.25, 0.3) is 0 Å². The quantitative estimate of drug-likeness (QED) is 0.282. The predicted molar refractivity (Wildman–Crippen MR) is 103 cm³/mol. The SMILES string of the molecule is CN=C(NCC1(C)COC1)N1CCC(OCCCOC)CC1.I. The van der Waals surface area contributed by atoms with Gasteiger partial charge in [0, 0.05) is 52.4 Å². The number of aliphatic imine (C=N–C) groups is 1. The van der Waals surface area contributed by atoms with Gasteiger partial charge in [-0.15, -0.1) is 24.0 Å². The summed E-state index contributed by atoms with van der Waals surface area (Å²) in [5.74, 6) is 1.01. The van der Waals surface area contributed by atoms with Crippen molar-refractivity contribution in [3.05, 3.63) is 0 Å². The number of hydrogen-bond acceptors (Lipinski definition) is 4. The van der Waals surface area contributed by atoms with E-state index < -0.39 is 0 Å². The molecule has 0 spiro atoms. The average Bonchev–Trinajstić information content (AvgIpc) is 2.51. The van der Waals surface area contributed by atoms with Gasteiger partial charge in [-0.05, 0) is 19.3 Å². The maximum absolute atomic E-state index is 5.90. The molecule has 0 saturated carbocycles. The van der Waals surface area contributed by atoms with E-state index in [1.54, 1.807) is 7.11 Å². The highest BCUT2D eigenvalue weighted by Crippen LogP contribution is 2.25. The van der Waals surface area contributed by atoms with Crippen LogP contribution in [0, 0.1) is 5.41 Å². The number of hydrogen-bond donors (Lipinski definition) is 1. The summed E-state index contributed by atoms with van der Waals surface area (Å²) in [4.78, 5) is 6.75. The van der Waals surface area contributed by atoms with Crippen molar-refractivity contribution in [2.24, 2.45) is 10.4 Å². The molecule has 0 aromatic carbocycles. The molecule has 0 atom stereocenters. The Morgan fingerprint density at radius 3 is 2.52 bits per heavy atom. The van der Waals surface area contributed by atoms with E-state index in [1.807, 2.05) is 7.05 Å². The molecule has 2 aliphatic rings. The number of halogens is 1. The molecule has 2 heterocycles. The van der Waals surface area contributed by atoms with Crippen LogP contribution in [0.3, 0.4) is 0 Å². The van der Waals surface area contributed by atoms with E-state index in [4.69, 9.17) is 14.2 Å². The Morgan fingerprint density at radius 2 is 2.00 bits per heavy atom. The van der Waals surface area contributed by atoms with Crippen molar-refractivity contribution < 1.29 is 14.2 Å². The summed E-state index contributed by atoms with van der Waals surface area (Å²) in [6.45, 7) is 8.43. The zero-order chi connectivity index (χ0) is 15.8. The molecule has 0 radical (unpaired) electrons. The van der Waals surface area contributed by atoms with Crippen LogP contribution in [0.4, 0.5) is 0 Å². The molecular formula is C16H32IN3O3. The van der Waals surface area contributed by atoms with Gasteiger partial charge in [0.15, 0.2) is 5.96 Å². The van der Waals surface area contributed by atoms with Gasteiger partial charge in [-0.1, -0.05) is 6.92 Å². The summed E-state index contributed by atoms with van der Waals surface area (Å²) in [5, 5.41) is 3.49. The lowest BCUT2D eigenvalue weighted by Gasteiger charge is -2.40. The van der Waals surface area contributed by atoms with Gasteiger partial charge in [-0.25, -0.2) is 0 Å². The van der Waals surface area contributed by atoms with Gasteiger partial charge in [0.2, 0.25) is 0 Å². The van der Waals surface area contributed by atoms with Crippen LogP contribution in [0.15, 0.2) is 4.99 Å². The number of piperidine rings is 1. The first-order valence-corrected chi connectivity index (χ1v) is 8.31. The van der Waals surface area contributed by atoms with Crippen molar-refractivity contribution in [1.29, 1.82) is 0 Å². The third kappa shape index (κ3) is 6.72. The summed E-state index contributed by atoms with van der Waals surface area (Å²) >= 11 is 0. The van der Waals surface area contributed by atoms with Gasteiger partial charge < -0.3 is 24.4 Å². The average molecular weight is 441 g/mol. The number of nitrogens with one attached hydrogen (secondary N) is 1. The Morgan fingerprint density at radius 1 is 1.30 bits per heavy atom. The molecule has 2 saturated heterocycles. The first kappa shape index (κ1) is 20.9. The van der Waals surface area contributed by atoms with Gasteiger partial charge in [-0.3, -0.25) is 4.99 Å². The molecule has 2 aliphatic heterocycles. The molecule has 2 rings (SSSR count). The van der Waals surface area contributed by atoms with Gasteiger partial charge in [-0.2, -0.15) is 0 Å². The molecule has 1 N–H and O–H groups in total. The largest absolute Gasteiger partial charge is 0.385 e. The molecule has 0 unspecified atom stereocenters. The van der Waals surface area contributed by atoms with Crippen LogP contribution in [-0.4, -0.2) is 77.2 Å². The number of methoxy groups -OCH3 is 1. The fourth-order valence-corrected chi connectivity index (χ4v) is 2.86. The highest BCUT2D eigenvalue weighted by atomic mass is 127. The molecule has 7 heteroatoms. The molecule has 0 aliphatic carbocycles. The van der Waals surface area contributed by atoms with Crippen LogP contribution < -0.4 is 5.32 Å². The topological polar surface area (TPSA) is 55.3 Å². The van der Waals surface area contributed by atoms with E-state index in [1.165, 1.54) is 0 Å². The van der Waals surface area contributed by atoms with Gasteiger partial charge in [0.05, 0.1) is 19.3 Å². The zero-order valence-electron chi connectivity index (χ0n) is 14.7. The first-order chi connectivity index (χ1) is 10.7. The van der Waals surface area contributed by atoms with E-state index in [-0.39, 0.29) is 29.4 Å². The minimum atomic E-state index is 0. The Labute approximate surface area is 157 Å².